The first kappa shape index (κ1) is 20.6. The van der Waals surface area contributed by atoms with E-state index in [9.17, 15) is 26.6 Å². The molecule has 7 nitrogen and oxygen atoms in total. The van der Waals surface area contributed by atoms with Gasteiger partial charge in [0.05, 0.1) is 0 Å². The number of sulfonamides is 3. The third kappa shape index (κ3) is 4.92. The van der Waals surface area contributed by atoms with Gasteiger partial charge in [-0.05, 0) is 48.9 Å². The molecule has 0 aliphatic carbocycles. The van der Waals surface area contributed by atoms with Crippen LogP contribution < -0.4 is 5.14 Å². The molecular weight excluding hydrogens is 378 g/mol. The van der Waals surface area contributed by atoms with Gasteiger partial charge >= 0.3 is 0 Å². The molecule has 0 saturated carbocycles. The molecule has 0 amide bonds. The molecule has 2 aromatic carbocycles. The molecule has 2 aromatic rings. The summed E-state index contributed by atoms with van der Waals surface area (Å²) in [5.41, 5.74) is 1.15. The summed E-state index contributed by atoms with van der Waals surface area (Å²) in [7, 11) is -11.5. The van der Waals surface area contributed by atoms with Crippen molar-refractivity contribution in [1.29, 1.82) is 0 Å². The Kier molecular flexibility index (Phi) is 4.67. The van der Waals surface area contributed by atoms with Crippen molar-refractivity contribution in [3.8, 4) is 0 Å². The van der Waals surface area contributed by atoms with Gasteiger partial charge in [0, 0.05) is 9.79 Å². The summed E-state index contributed by atoms with van der Waals surface area (Å²) < 4.78 is 71.3. The molecule has 2 N–H and O–H groups in total. The Labute approximate surface area is 152 Å². The number of hydrogen-bond acceptors (Lipinski definition) is 6. The van der Waals surface area contributed by atoms with Gasteiger partial charge in [-0.25, -0.2) is 0 Å². The standard InChI is InChI=1S/C17H23NO6S2/c1-12-4-6-14(16(10-12)25(3,19,20)21)8-9-15-7-5-13(2)11-17(15)26(18,22,23)24/h4-11H,1-3H3,(H2,19,20,21)(H4,18,22,23,24)/p-4/b9-8+. The van der Waals surface area contributed by atoms with Crippen LogP contribution in [0.5, 0.6) is 0 Å². The van der Waals surface area contributed by atoms with Crippen LogP contribution in [-0.4, -0.2) is 32.9 Å². The molecule has 0 radical (unpaired) electrons. The Hall–Kier alpha value is -1.72. The molecule has 0 aliphatic rings. The molecule has 0 bridgehead atoms. The zero-order valence-corrected chi connectivity index (χ0v) is 16.1. The van der Waals surface area contributed by atoms with Crippen LogP contribution in [0.4, 0.5) is 0 Å². The third-order valence-electron chi connectivity index (χ3n) is 3.67. The van der Waals surface area contributed by atoms with Crippen LogP contribution >= 0.6 is 0 Å². The number of aryl methyl sites for hydroxylation is 2. The molecule has 0 spiro atoms. The summed E-state index contributed by atoms with van der Waals surface area (Å²) in [6, 6.07) is 8.35. The summed E-state index contributed by atoms with van der Waals surface area (Å²) in [5, 5.41) is 4.94. The number of sulfone groups is 3. The monoisotopic (exact) mass is 397 g/mol. The number of nitrogens with two attached hydrogens (primary N) is 1. The molecule has 0 aromatic heterocycles. The molecule has 2 rings (SSSR count). The first-order valence-corrected chi connectivity index (χ1v) is 11.5. The van der Waals surface area contributed by atoms with Crippen LogP contribution in [0.1, 0.15) is 22.3 Å². The Morgan fingerprint density at radius 3 is 1.58 bits per heavy atom. The number of primary sulfonamides is 3. The highest BCUT2D eigenvalue weighted by molar-refractivity contribution is 8.09. The van der Waals surface area contributed by atoms with Crippen molar-refractivity contribution >= 4 is 31.6 Å². The summed E-state index contributed by atoms with van der Waals surface area (Å²) in [5.74, 6) is 0. The molecule has 9 heteroatoms. The van der Waals surface area contributed by atoms with Crippen LogP contribution in [0, 0.1) is 13.8 Å². The van der Waals surface area contributed by atoms with E-state index >= 15 is 0 Å². The van der Waals surface area contributed by atoms with Crippen LogP contribution in [0.25, 0.3) is 12.2 Å². The topological polar surface area (TPSA) is 152 Å². The maximum Gasteiger partial charge on any atom is 0.0123 e. The van der Waals surface area contributed by atoms with Crippen molar-refractivity contribution in [2.45, 2.75) is 23.6 Å². The van der Waals surface area contributed by atoms with Gasteiger partial charge < -0.3 is 22.4 Å². The summed E-state index contributed by atoms with van der Waals surface area (Å²) >= 11 is 0. The van der Waals surface area contributed by atoms with Crippen molar-refractivity contribution in [3.63, 3.8) is 0 Å². The van der Waals surface area contributed by atoms with Crippen LogP contribution in [0.2, 0.25) is 0 Å². The van der Waals surface area contributed by atoms with Crippen LogP contribution in [-0.2, 0) is 19.4 Å². The molecule has 0 atom stereocenters. The lowest BCUT2D eigenvalue weighted by Gasteiger charge is -2.53. The number of hydrogen-bond donors (Lipinski definition) is 1. The van der Waals surface area contributed by atoms with E-state index in [0.717, 1.165) is 6.07 Å². The van der Waals surface area contributed by atoms with E-state index in [0.29, 0.717) is 17.4 Å². The van der Waals surface area contributed by atoms with E-state index < -0.39 is 29.2 Å². The van der Waals surface area contributed by atoms with Gasteiger partial charge in [0.15, 0.2) is 0 Å². The van der Waals surface area contributed by atoms with E-state index in [1.807, 2.05) is 0 Å². The Morgan fingerprint density at radius 2 is 1.19 bits per heavy atom. The lowest BCUT2D eigenvalue weighted by molar-refractivity contribution is 0.358. The van der Waals surface area contributed by atoms with E-state index in [2.05, 4.69) is 0 Å². The van der Waals surface area contributed by atoms with Crippen LogP contribution in [0.15, 0.2) is 46.2 Å². The van der Waals surface area contributed by atoms with Crippen molar-refractivity contribution in [2.75, 3.05) is 6.26 Å². The Bertz CT molecular complexity index is 940. The highest BCUT2D eigenvalue weighted by atomic mass is 32.3. The van der Waals surface area contributed by atoms with Gasteiger partial charge in [-0.1, -0.05) is 42.0 Å². The molecular formula is C17H19NO6S2-4. The third-order valence-corrected chi connectivity index (χ3v) is 6.14. The molecule has 26 heavy (non-hydrogen) atoms. The van der Waals surface area contributed by atoms with Gasteiger partial charge in [0.1, 0.15) is 0 Å². The second-order valence-corrected chi connectivity index (χ2v) is 11.4. The SMILES string of the molecule is Cc1ccc(/C=C/c2ccc(C)cc2S(N)(=O)([O-])[O-])c(S(C)(=O)([O-])[O-])c1. The second kappa shape index (κ2) is 5.89. The zero-order chi connectivity index (χ0) is 20.0. The fourth-order valence-corrected chi connectivity index (χ4v) is 4.52. The van der Waals surface area contributed by atoms with E-state index in [1.165, 1.54) is 30.4 Å². The largest absolute Gasteiger partial charge is 0.795 e. The molecule has 0 saturated heterocycles. The minimum atomic E-state index is -6.01. The number of rotatable bonds is 4. The van der Waals surface area contributed by atoms with Crippen molar-refractivity contribution in [3.05, 3.63) is 58.7 Å². The van der Waals surface area contributed by atoms with Gasteiger partial charge in [-0.15, -0.1) is 9.81 Å². The normalized spacial score (nSPS) is 16.0. The average Bonchev–Trinajstić information content (AvgIpc) is 2.43. The highest BCUT2D eigenvalue weighted by Gasteiger charge is 2.14. The van der Waals surface area contributed by atoms with Crippen molar-refractivity contribution < 1.29 is 26.6 Å². The molecule has 0 fully saturated rings. The molecule has 0 unspecified atom stereocenters. The van der Waals surface area contributed by atoms with E-state index in [4.69, 9.17) is 5.14 Å². The smallest absolute Gasteiger partial charge is 0.0123 e. The minimum absolute atomic E-state index is 0.0110. The summed E-state index contributed by atoms with van der Waals surface area (Å²) in [6.07, 6.45) is 3.07. The Morgan fingerprint density at radius 1 is 0.808 bits per heavy atom. The maximum absolute atomic E-state index is 12.0. The van der Waals surface area contributed by atoms with Gasteiger partial charge in [-0.3, -0.25) is 9.35 Å². The summed E-state index contributed by atoms with van der Waals surface area (Å²) in [6.45, 7) is 3.23. The predicted molar refractivity (Wildman–Crippen MR) is 97.3 cm³/mol. The predicted octanol–water partition coefficient (Wildman–Crippen LogP) is 1.86. The number of benzene rings is 2. The molecule has 0 aliphatic heterocycles. The lowest BCUT2D eigenvalue weighted by atomic mass is 10.1. The second-order valence-electron chi connectivity index (χ2n) is 6.43. The van der Waals surface area contributed by atoms with Gasteiger partial charge in [0.2, 0.25) is 0 Å². The zero-order valence-electron chi connectivity index (χ0n) is 14.5. The molecule has 0 heterocycles. The quantitative estimate of drug-likeness (QED) is 0.777. The highest BCUT2D eigenvalue weighted by Crippen LogP contribution is 2.32. The van der Waals surface area contributed by atoms with Crippen molar-refractivity contribution in [2.24, 2.45) is 5.14 Å². The fraction of sp³-hybridized carbons (Fsp3) is 0.176. The first-order chi connectivity index (χ1) is 11.5. The van der Waals surface area contributed by atoms with E-state index in [1.54, 1.807) is 26.0 Å². The van der Waals surface area contributed by atoms with Crippen LogP contribution in [0.3, 0.4) is 0 Å². The average molecular weight is 397 g/mol. The van der Waals surface area contributed by atoms with Gasteiger partial charge in [-0.2, -0.15) is 9.63 Å². The van der Waals surface area contributed by atoms with E-state index in [-0.39, 0.29) is 11.1 Å². The minimum Gasteiger partial charge on any atom is -0.795 e. The maximum atomic E-state index is 12.0. The summed E-state index contributed by atoms with van der Waals surface area (Å²) in [4.78, 5) is -1.05. The van der Waals surface area contributed by atoms with Gasteiger partial charge in [0.25, 0.3) is 0 Å². The Balaban J connectivity index is 2.65. The first-order valence-electron chi connectivity index (χ1n) is 7.44. The molecule has 144 valence electrons. The fourth-order valence-electron chi connectivity index (χ4n) is 2.45. The lowest BCUT2D eigenvalue weighted by Crippen LogP contribution is -2.42. The van der Waals surface area contributed by atoms with Crippen molar-refractivity contribution in [1.82, 2.24) is 0 Å².